The molecule has 1 unspecified atom stereocenters. The Labute approximate surface area is 298 Å². The molecule has 4 rings (SSSR count). The van der Waals surface area contributed by atoms with Crippen LogP contribution in [0.2, 0.25) is 15.1 Å². The molecule has 1 N–H and O–H groups in total. The SMILES string of the molecule is CCCCNC(=O)C(Cc1ccccc1)N(Cc1ccc(Cl)cc1Cl)C(=O)CN(c1cc(C(F)(F)F)ccc1Cl)S(=O)(=O)c1ccccc1. The van der Waals surface area contributed by atoms with Crippen LogP contribution in [0.1, 0.15) is 36.5 Å². The maximum atomic E-state index is 14.6. The Balaban J connectivity index is 1.87. The molecule has 0 spiro atoms. The molecule has 0 aliphatic heterocycles. The van der Waals surface area contributed by atoms with Crippen LogP contribution in [-0.2, 0) is 38.8 Å². The Bertz CT molecular complexity index is 1860. The third-order valence-electron chi connectivity index (χ3n) is 7.61. The molecular weight excluding hydrogens is 722 g/mol. The molecule has 0 bridgehead atoms. The van der Waals surface area contributed by atoms with Gasteiger partial charge in [0.1, 0.15) is 12.6 Å². The van der Waals surface area contributed by atoms with Crippen molar-refractivity contribution < 1.29 is 31.2 Å². The van der Waals surface area contributed by atoms with Gasteiger partial charge in [-0.25, -0.2) is 8.42 Å². The topological polar surface area (TPSA) is 86.8 Å². The molecule has 4 aromatic carbocycles. The lowest BCUT2D eigenvalue weighted by atomic mass is 10.0. The number of hydrogen-bond donors (Lipinski definition) is 1. The fourth-order valence-corrected chi connectivity index (χ4v) is 7.19. The number of sulfonamides is 1. The zero-order chi connectivity index (χ0) is 35.8. The van der Waals surface area contributed by atoms with E-state index in [1.165, 1.54) is 35.2 Å². The van der Waals surface area contributed by atoms with Crippen LogP contribution in [0.25, 0.3) is 0 Å². The van der Waals surface area contributed by atoms with Crippen molar-refractivity contribution in [3.05, 3.63) is 129 Å². The number of benzene rings is 4. The molecule has 0 saturated heterocycles. The summed E-state index contributed by atoms with van der Waals surface area (Å²) in [5.74, 6) is -1.41. The number of halogens is 6. The highest BCUT2D eigenvalue weighted by molar-refractivity contribution is 7.92. The van der Waals surface area contributed by atoms with Crippen LogP contribution in [0.5, 0.6) is 0 Å². The number of nitrogens with one attached hydrogen (secondary N) is 1. The van der Waals surface area contributed by atoms with Gasteiger partial charge in [0.05, 0.1) is 21.2 Å². The van der Waals surface area contributed by atoms with Crippen molar-refractivity contribution >= 4 is 62.3 Å². The van der Waals surface area contributed by atoms with E-state index in [2.05, 4.69) is 5.32 Å². The molecule has 260 valence electrons. The average Bonchev–Trinajstić information content (AvgIpc) is 3.06. The van der Waals surface area contributed by atoms with Gasteiger partial charge in [-0.2, -0.15) is 13.2 Å². The second-order valence-corrected chi connectivity index (χ2v) is 14.2. The van der Waals surface area contributed by atoms with E-state index in [-0.39, 0.29) is 27.9 Å². The molecule has 14 heteroatoms. The van der Waals surface area contributed by atoms with Crippen molar-refractivity contribution in [2.45, 2.75) is 49.8 Å². The molecule has 4 aromatic rings. The van der Waals surface area contributed by atoms with Crippen LogP contribution in [0.15, 0.2) is 102 Å². The van der Waals surface area contributed by atoms with E-state index in [9.17, 15) is 31.2 Å². The summed E-state index contributed by atoms with van der Waals surface area (Å²) in [6, 6.07) is 21.4. The summed E-state index contributed by atoms with van der Waals surface area (Å²) in [6.45, 7) is 1.01. The smallest absolute Gasteiger partial charge is 0.354 e. The van der Waals surface area contributed by atoms with Crippen LogP contribution in [0, 0.1) is 0 Å². The van der Waals surface area contributed by atoms with Gasteiger partial charge in [0.15, 0.2) is 0 Å². The summed E-state index contributed by atoms with van der Waals surface area (Å²) in [5.41, 5.74) is -0.638. The minimum absolute atomic E-state index is 0.0332. The van der Waals surface area contributed by atoms with Gasteiger partial charge < -0.3 is 10.2 Å². The monoisotopic (exact) mass is 753 g/mol. The van der Waals surface area contributed by atoms with Gasteiger partial charge in [-0.3, -0.25) is 13.9 Å². The van der Waals surface area contributed by atoms with E-state index in [4.69, 9.17) is 34.8 Å². The van der Waals surface area contributed by atoms with E-state index >= 15 is 0 Å². The summed E-state index contributed by atoms with van der Waals surface area (Å²) < 4.78 is 70.4. The fourth-order valence-electron chi connectivity index (χ4n) is 5.01. The predicted molar refractivity (Wildman–Crippen MR) is 186 cm³/mol. The van der Waals surface area contributed by atoms with Crippen LogP contribution < -0.4 is 9.62 Å². The lowest BCUT2D eigenvalue weighted by Crippen LogP contribution is -2.53. The fraction of sp³-hybridized carbons (Fsp3) is 0.257. The molecule has 49 heavy (non-hydrogen) atoms. The van der Waals surface area contributed by atoms with Crippen molar-refractivity contribution in [1.82, 2.24) is 10.2 Å². The summed E-state index contributed by atoms with van der Waals surface area (Å²) in [6.07, 6.45) is -3.36. The van der Waals surface area contributed by atoms with Crippen molar-refractivity contribution in [2.75, 3.05) is 17.4 Å². The summed E-state index contributed by atoms with van der Waals surface area (Å²) in [7, 11) is -4.69. The van der Waals surface area contributed by atoms with Crippen molar-refractivity contribution in [2.24, 2.45) is 0 Å². The average molecular weight is 755 g/mol. The zero-order valence-electron chi connectivity index (χ0n) is 26.3. The highest BCUT2D eigenvalue weighted by Gasteiger charge is 2.37. The van der Waals surface area contributed by atoms with Crippen molar-refractivity contribution in [1.29, 1.82) is 0 Å². The lowest BCUT2D eigenvalue weighted by molar-refractivity contribution is -0.140. The van der Waals surface area contributed by atoms with Gasteiger partial charge in [-0.05, 0) is 60.0 Å². The number of nitrogens with zero attached hydrogens (tertiary/aromatic N) is 2. The van der Waals surface area contributed by atoms with Crippen LogP contribution >= 0.6 is 34.8 Å². The van der Waals surface area contributed by atoms with Crippen molar-refractivity contribution in [3.63, 3.8) is 0 Å². The number of unbranched alkanes of at least 4 members (excludes halogenated alkanes) is 1. The minimum Gasteiger partial charge on any atom is -0.354 e. The molecule has 2 amide bonds. The first-order valence-corrected chi connectivity index (χ1v) is 17.8. The van der Waals surface area contributed by atoms with Gasteiger partial charge in [0.2, 0.25) is 11.8 Å². The molecule has 1 atom stereocenters. The molecule has 0 radical (unpaired) electrons. The Morgan fingerprint density at radius 3 is 2.12 bits per heavy atom. The second-order valence-electron chi connectivity index (χ2n) is 11.1. The summed E-state index contributed by atoms with van der Waals surface area (Å²) >= 11 is 19.0. The Morgan fingerprint density at radius 2 is 1.51 bits per heavy atom. The van der Waals surface area contributed by atoms with E-state index in [1.807, 2.05) is 6.92 Å². The maximum Gasteiger partial charge on any atom is 0.416 e. The quantitative estimate of drug-likeness (QED) is 0.131. The normalized spacial score (nSPS) is 12.3. The third-order valence-corrected chi connectivity index (χ3v) is 10.3. The number of amides is 2. The second kappa shape index (κ2) is 16.8. The van der Waals surface area contributed by atoms with Gasteiger partial charge >= 0.3 is 6.18 Å². The largest absolute Gasteiger partial charge is 0.416 e. The van der Waals surface area contributed by atoms with E-state index in [1.54, 1.807) is 48.5 Å². The highest BCUT2D eigenvalue weighted by atomic mass is 35.5. The molecule has 0 aromatic heterocycles. The highest BCUT2D eigenvalue weighted by Crippen LogP contribution is 2.37. The minimum atomic E-state index is -4.85. The Kier molecular flexibility index (Phi) is 13.0. The van der Waals surface area contributed by atoms with Crippen LogP contribution in [-0.4, -0.2) is 44.3 Å². The molecule has 0 aliphatic carbocycles. The first-order chi connectivity index (χ1) is 23.2. The predicted octanol–water partition coefficient (Wildman–Crippen LogP) is 8.42. The van der Waals surface area contributed by atoms with E-state index < -0.39 is 51.9 Å². The first-order valence-electron chi connectivity index (χ1n) is 15.2. The lowest BCUT2D eigenvalue weighted by Gasteiger charge is -2.34. The van der Waals surface area contributed by atoms with Gasteiger partial charge in [-0.1, -0.05) is 103 Å². The van der Waals surface area contributed by atoms with Crippen molar-refractivity contribution in [3.8, 4) is 0 Å². The standard InChI is InChI=1S/C35H33Cl3F3N3O4S/c1-2-3-18-42-34(46)32(19-24-10-6-4-7-11-24)43(22-25-14-16-27(36)21-30(25)38)33(45)23-44(49(47,48)28-12-8-5-9-13-28)31-20-26(35(39,40)41)15-17-29(31)37/h4-17,20-21,32H,2-3,18-19,22-23H2,1H3,(H,42,46). The molecule has 7 nitrogen and oxygen atoms in total. The molecule has 0 heterocycles. The van der Waals surface area contributed by atoms with Gasteiger partial charge in [0, 0.05) is 29.6 Å². The first kappa shape index (κ1) is 38.0. The third kappa shape index (κ3) is 9.91. The maximum absolute atomic E-state index is 14.6. The molecule has 0 fully saturated rings. The number of hydrogen-bond acceptors (Lipinski definition) is 4. The number of anilines is 1. The van der Waals surface area contributed by atoms with Gasteiger partial charge in [0.25, 0.3) is 10.0 Å². The Morgan fingerprint density at radius 1 is 0.857 bits per heavy atom. The number of alkyl halides is 3. The molecule has 0 aliphatic rings. The number of carbonyl (C=O) groups excluding carboxylic acids is 2. The van der Waals surface area contributed by atoms with Gasteiger partial charge in [-0.15, -0.1) is 0 Å². The summed E-state index contributed by atoms with van der Waals surface area (Å²) in [5, 5.41) is 3.02. The molecule has 0 saturated carbocycles. The number of carbonyl (C=O) groups is 2. The van der Waals surface area contributed by atoms with E-state index in [0.29, 0.717) is 45.6 Å². The van der Waals surface area contributed by atoms with Crippen LogP contribution in [0.4, 0.5) is 18.9 Å². The molecular formula is C35H33Cl3F3N3O4S. The zero-order valence-corrected chi connectivity index (χ0v) is 29.3. The van der Waals surface area contributed by atoms with Crippen LogP contribution in [0.3, 0.4) is 0 Å². The number of rotatable bonds is 14. The van der Waals surface area contributed by atoms with E-state index in [0.717, 1.165) is 12.5 Å². The summed E-state index contributed by atoms with van der Waals surface area (Å²) in [4.78, 5) is 29.3. The Hall–Kier alpha value is -3.77.